The molecule has 0 unspecified atom stereocenters. The highest BCUT2D eigenvalue weighted by Gasteiger charge is 2.48. The van der Waals surface area contributed by atoms with E-state index in [4.69, 9.17) is 0 Å². The van der Waals surface area contributed by atoms with Crippen molar-refractivity contribution >= 4 is 54.0 Å². The number of nitrogens with one attached hydrogen (secondary N) is 3. The Bertz CT molecular complexity index is 1170. The molecule has 0 aromatic heterocycles. The van der Waals surface area contributed by atoms with E-state index in [1.807, 2.05) is 6.07 Å². The lowest BCUT2D eigenvalue weighted by Crippen LogP contribution is -2.43. The molecule has 0 amide bonds. The third kappa shape index (κ3) is 10.1. The van der Waals surface area contributed by atoms with Crippen LogP contribution in [0.2, 0.25) is 0 Å². The molecule has 0 atom stereocenters. The summed E-state index contributed by atoms with van der Waals surface area (Å²) in [6.07, 6.45) is 4.07. The zero-order chi connectivity index (χ0) is 31.6. The molecule has 6 nitrogen and oxygen atoms in total. The highest BCUT2D eigenvalue weighted by atomic mass is 35.5. The zero-order valence-electron chi connectivity index (χ0n) is 24.8. The monoisotopic (exact) mass is 651 g/mol. The average molecular weight is 652 g/mol. The minimum Gasteiger partial charge on any atom is -0.385 e. The maximum absolute atomic E-state index is 11.2. The Hall–Kier alpha value is -2.27. The van der Waals surface area contributed by atoms with Crippen LogP contribution >= 0.6 is 23.2 Å². The van der Waals surface area contributed by atoms with E-state index in [1.165, 1.54) is 63.0 Å². The summed E-state index contributed by atoms with van der Waals surface area (Å²) in [5.41, 5.74) is 3.66. The van der Waals surface area contributed by atoms with Crippen LogP contribution in [0.3, 0.4) is 0 Å². The highest BCUT2D eigenvalue weighted by Crippen LogP contribution is 2.51. The lowest BCUT2D eigenvalue weighted by Gasteiger charge is -2.45. The molecule has 2 aliphatic heterocycles. The van der Waals surface area contributed by atoms with E-state index < -0.39 is 16.8 Å². The highest BCUT2D eigenvalue weighted by molar-refractivity contribution is 6.64. The Kier molecular flexibility index (Phi) is 12.5. The van der Waals surface area contributed by atoms with Crippen molar-refractivity contribution in [2.24, 2.45) is 22.7 Å². The molecule has 2 aromatic carbocycles. The van der Waals surface area contributed by atoms with Gasteiger partial charge < -0.3 is 25.6 Å². The van der Waals surface area contributed by atoms with Gasteiger partial charge in [0.05, 0.1) is 6.19 Å². The summed E-state index contributed by atoms with van der Waals surface area (Å²) in [7, 11) is 1.70. The third-order valence-electron chi connectivity index (χ3n) is 9.17. The Morgan fingerprint density at radius 3 is 1.86 bits per heavy atom. The van der Waals surface area contributed by atoms with E-state index in [0.717, 1.165) is 44.2 Å². The summed E-state index contributed by atoms with van der Waals surface area (Å²) < 4.78 is 33.5. The first-order valence-electron chi connectivity index (χ1n) is 15.2. The number of carbonyl (C=O) groups excluding carboxylic acids is 2. The van der Waals surface area contributed by atoms with E-state index in [1.54, 1.807) is 7.41 Å². The average Bonchev–Trinajstić information content (AvgIpc) is 3.63. The SMILES string of the molecule is O=C(C(Cl)Cl)C(F)(F)F.O=C[B]N1CCC2(CC(CNc3ccccc3)C2)C1.c1ccc(NCC2CC3(CCNC3)C2)cc1. The molecule has 2 spiro atoms. The predicted molar refractivity (Wildman–Crippen MR) is 173 cm³/mol. The summed E-state index contributed by atoms with van der Waals surface area (Å²) >= 11 is 9.22. The number of hydrogen-bond donors (Lipinski definition) is 3. The number of benzene rings is 2. The number of ketones is 1. The van der Waals surface area contributed by atoms with Gasteiger partial charge in [-0.15, -0.1) is 0 Å². The fourth-order valence-corrected chi connectivity index (χ4v) is 7.29. The summed E-state index contributed by atoms with van der Waals surface area (Å²) in [6, 6.07) is 20.9. The molecule has 1 radical (unpaired) electrons. The second-order valence-corrected chi connectivity index (χ2v) is 13.7. The van der Waals surface area contributed by atoms with Crippen LogP contribution in [0, 0.1) is 22.7 Å². The molecule has 2 saturated carbocycles. The molecule has 12 heteroatoms. The second-order valence-electron chi connectivity index (χ2n) is 12.6. The van der Waals surface area contributed by atoms with E-state index in [2.05, 4.69) is 98.6 Å². The molecule has 44 heavy (non-hydrogen) atoms. The van der Waals surface area contributed by atoms with Crippen LogP contribution < -0.4 is 16.0 Å². The van der Waals surface area contributed by atoms with Crippen LogP contribution in [0.5, 0.6) is 0 Å². The van der Waals surface area contributed by atoms with E-state index >= 15 is 0 Å². The Labute approximate surface area is 269 Å². The van der Waals surface area contributed by atoms with Crippen molar-refractivity contribution in [1.29, 1.82) is 0 Å². The Morgan fingerprint density at radius 2 is 1.45 bits per heavy atom. The van der Waals surface area contributed by atoms with E-state index in [9.17, 15) is 22.8 Å². The molecule has 2 aliphatic carbocycles. The molecule has 2 aromatic rings. The molecule has 6 rings (SSSR count). The first-order valence-corrected chi connectivity index (χ1v) is 16.1. The number of anilines is 2. The van der Waals surface area contributed by atoms with Crippen LogP contribution in [-0.4, -0.2) is 74.5 Å². The van der Waals surface area contributed by atoms with Crippen molar-refractivity contribution in [2.75, 3.05) is 49.9 Å². The fraction of sp³-hybridized carbons (Fsp3) is 0.562. The summed E-state index contributed by atoms with van der Waals surface area (Å²) in [4.78, 5) is 20.4. The number of rotatable bonds is 9. The van der Waals surface area contributed by atoms with Crippen LogP contribution in [0.15, 0.2) is 60.7 Å². The van der Waals surface area contributed by atoms with Crippen LogP contribution in [0.25, 0.3) is 0 Å². The standard InChI is InChI=1S/C15H20BN2O.C14H20N2.C3HCl2F3O/c19-12-16-18-7-6-15(11-18)8-13(9-15)10-17-14-4-2-1-3-5-14;1-2-4-13(5-3-1)16-10-12-8-14(9-12)6-7-15-11-14;4-2(5)1(9)3(6,7)8/h1-5,12-13,17H,6-11H2;1-5,12,15-16H,6-11H2;2H. The summed E-state index contributed by atoms with van der Waals surface area (Å²) in [6.45, 7) is 6.84. The smallest absolute Gasteiger partial charge is 0.385 e. The van der Waals surface area contributed by atoms with Crippen LogP contribution in [0.4, 0.5) is 24.5 Å². The minimum absolute atomic E-state index is 0.503. The van der Waals surface area contributed by atoms with Crippen molar-refractivity contribution in [3.8, 4) is 0 Å². The summed E-state index contributed by atoms with van der Waals surface area (Å²) in [5.74, 6) is -0.456. The number of Topliss-reactive ketones (excluding diaryl/α,β-unsaturated/α-hetero) is 1. The van der Waals surface area contributed by atoms with Gasteiger partial charge in [0.15, 0.2) is 4.84 Å². The van der Waals surface area contributed by atoms with Gasteiger partial charge in [-0.3, -0.25) is 4.79 Å². The third-order valence-corrected chi connectivity index (χ3v) is 9.57. The minimum atomic E-state index is -4.92. The van der Waals surface area contributed by atoms with Gasteiger partial charge in [0.1, 0.15) is 0 Å². The topological polar surface area (TPSA) is 73.5 Å². The van der Waals surface area contributed by atoms with E-state index in [0.29, 0.717) is 10.8 Å². The number of hydrogen-bond acceptors (Lipinski definition) is 6. The number of alkyl halides is 5. The maximum atomic E-state index is 11.2. The van der Waals surface area contributed by atoms with Gasteiger partial charge in [0.25, 0.3) is 13.2 Å². The van der Waals surface area contributed by atoms with Gasteiger partial charge in [-0.25, -0.2) is 0 Å². The lowest BCUT2D eigenvalue weighted by molar-refractivity contribution is -0.169. The van der Waals surface area contributed by atoms with Crippen molar-refractivity contribution in [2.45, 2.75) is 49.5 Å². The van der Waals surface area contributed by atoms with Crippen molar-refractivity contribution in [3.63, 3.8) is 0 Å². The first-order chi connectivity index (χ1) is 21.0. The molecule has 2 saturated heterocycles. The quantitative estimate of drug-likeness (QED) is 0.165. The van der Waals surface area contributed by atoms with Crippen LogP contribution in [-0.2, 0) is 9.59 Å². The molecule has 239 valence electrons. The van der Waals surface area contributed by atoms with Crippen molar-refractivity contribution in [3.05, 3.63) is 60.7 Å². The van der Waals surface area contributed by atoms with Crippen molar-refractivity contribution in [1.82, 2.24) is 10.1 Å². The van der Waals surface area contributed by atoms with Crippen LogP contribution in [0.1, 0.15) is 38.5 Å². The normalized spacial score (nSPS) is 27.3. The molecular weight excluding hydrogens is 611 g/mol. The molecule has 4 fully saturated rings. The fourth-order valence-electron chi connectivity index (χ4n) is 7.04. The Morgan fingerprint density at radius 1 is 0.932 bits per heavy atom. The lowest BCUT2D eigenvalue weighted by atomic mass is 9.61. The van der Waals surface area contributed by atoms with Gasteiger partial charge in [0.2, 0.25) is 0 Å². The second kappa shape index (κ2) is 15.8. The largest absolute Gasteiger partial charge is 0.452 e. The van der Waals surface area contributed by atoms with Gasteiger partial charge in [-0.05, 0) is 105 Å². The number of carbonyl (C=O) groups is 2. The maximum Gasteiger partial charge on any atom is 0.452 e. The molecular formula is C32H41BCl2F3N4O2. The molecule has 2 heterocycles. The molecule has 0 bridgehead atoms. The predicted octanol–water partition coefficient (Wildman–Crippen LogP) is 6.42. The Balaban J connectivity index is 0.000000161. The number of halogens is 5. The first kappa shape index (κ1) is 34.6. The molecule has 4 aliphatic rings. The summed E-state index contributed by atoms with van der Waals surface area (Å²) in [5, 5.41) is 10.5. The van der Waals surface area contributed by atoms with Gasteiger partial charge >= 0.3 is 6.18 Å². The van der Waals surface area contributed by atoms with Crippen molar-refractivity contribution < 1.29 is 22.8 Å². The zero-order valence-corrected chi connectivity index (χ0v) is 26.3. The van der Waals surface area contributed by atoms with Gasteiger partial charge in [0, 0.05) is 31.0 Å². The number of para-hydroxylation sites is 2. The van der Waals surface area contributed by atoms with Gasteiger partial charge in [-0.2, -0.15) is 13.2 Å². The molecule has 3 N–H and O–H groups in total. The van der Waals surface area contributed by atoms with Gasteiger partial charge in [-0.1, -0.05) is 59.6 Å². The number of nitrogens with zero attached hydrogens (tertiary/aromatic N) is 1. The van der Waals surface area contributed by atoms with E-state index in [-0.39, 0.29) is 0 Å².